The number of rotatable bonds is 6. The van der Waals surface area contributed by atoms with Gasteiger partial charge in [-0.15, -0.1) is 11.3 Å². The van der Waals surface area contributed by atoms with Gasteiger partial charge in [-0.3, -0.25) is 4.79 Å². The van der Waals surface area contributed by atoms with E-state index < -0.39 is 6.61 Å². The van der Waals surface area contributed by atoms with Gasteiger partial charge in [-0.2, -0.15) is 8.78 Å². The highest BCUT2D eigenvalue weighted by molar-refractivity contribution is 7.18. The van der Waals surface area contributed by atoms with E-state index in [9.17, 15) is 13.6 Å². The normalized spacial score (nSPS) is 19.2. The maximum Gasteiger partial charge on any atom is 0.387 e. The summed E-state index contributed by atoms with van der Waals surface area (Å²) in [6, 6.07) is 14.2. The molecule has 1 unspecified atom stereocenters. The van der Waals surface area contributed by atoms with Gasteiger partial charge in [0.2, 0.25) is 0 Å². The molecular weight excluding hydrogens is 384 g/mol. The highest BCUT2D eigenvalue weighted by Crippen LogP contribution is 2.28. The highest BCUT2D eigenvalue weighted by atomic mass is 32.1. The number of hydrogen-bond acceptors (Lipinski definition) is 4. The zero-order chi connectivity index (χ0) is 19.5. The molecule has 3 aromatic rings. The van der Waals surface area contributed by atoms with E-state index in [2.05, 4.69) is 16.1 Å². The Kier molecular flexibility index (Phi) is 5.50. The molecule has 2 atom stereocenters. The molecule has 1 aliphatic heterocycles. The summed E-state index contributed by atoms with van der Waals surface area (Å²) in [5, 5.41) is 3.91. The van der Waals surface area contributed by atoms with E-state index in [0.717, 1.165) is 29.9 Å². The summed E-state index contributed by atoms with van der Waals surface area (Å²) in [4.78, 5) is 18.4. The molecule has 1 aliphatic rings. The van der Waals surface area contributed by atoms with Crippen LogP contribution in [-0.2, 0) is 4.79 Å². The lowest BCUT2D eigenvalue weighted by Gasteiger charge is -2.19. The number of quaternary nitrogens is 1. The van der Waals surface area contributed by atoms with Gasteiger partial charge in [-0.1, -0.05) is 12.1 Å². The standard InChI is InChI=1S/C20H19F2N3O2S/c21-20(22)27-14-9-7-13(8-10-14)23-18(26)12-25-11-3-5-16(25)19-24-15-4-1-2-6-17(15)28-19/h1-2,4,6-10,16,20H,3,5,11-12H2,(H,23,26)/p+1/t16-/m1/s1. The molecule has 0 radical (unpaired) electrons. The van der Waals surface area contributed by atoms with E-state index in [0.29, 0.717) is 12.2 Å². The van der Waals surface area contributed by atoms with Crippen LogP contribution in [0.2, 0.25) is 0 Å². The summed E-state index contributed by atoms with van der Waals surface area (Å²) in [5.41, 5.74) is 1.56. The van der Waals surface area contributed by atoms with Crippen molar-refractivity contribution in [3.05, 3.63) is 53.5 Å². The molecule has 1 fully saturated rings. The number of alkyl halides is 2. The van der Waals surface area contributed by atoms with Crippen molar-refractivity contribution in [2.75, 3.05) is 18.4 Å². The first-order valence-electron chi connectivity index (χ1n) is 9.13. The lowest BCUT2D eigenvalue weighted by atomic mass is 10.2. The van der Waals surface area contributed by atoms with E-state index in [1.165, 1.54) is 21.7 Å². The first-order valence-corrected chi connectivity index (χ1v) is 9.95. The van der Waals surface area contributed by atoms with Crippen LogP contribution in [0.1, 0.15) is 23.9 Å². The van der Waals surface area contributed by atoms with Gasteiger partial charge in [0.05, 0.1) is 16.8 Å². The van der Waals surface area contributed by atoms with Crippen LogP contribution in [0.25, 0.3) is 10.2 Å². The van der Waals surface area contributed by atoms with E-state index in [4.69, 9.17) is 4.98 Å². The van der Waals surface area contributed by atoms with Crippen molar-refractivity contribution in [2.45, 2.75) is 25.5 Å². The number of likely N-dealkylation sites (tertiary alicyclic amines) is 1. The van der Waals surface area contributed by atoms with Crippen LogP contribution in [0.3, 0.4) is 0 Å². The van der Waals surface area contributed by atoms with E-state index >= 15 is 0 Å². The summed E-state index contributed by atoms with van der Waals surface area (Å²) in [7, 11) is 0. The monoisotopic (exact) mass is 404 g/mol. The minimum atomic E-state index is -2.86. The van der Waals surface area contributed by atoms with Gasteiger partial charge in [0, 0.05) is 18.5 Å². The first kappa shape index (κ1) is 18.8. The molecule has 28 heavy (non-hydrogen) atoms. The van der Waals surface area contributed by atoms with Crippen LogP contribution in [0.15, 0.2) is 48.5 Å². The average Bonchev–Trinajstić information content (AvgIpc) is 3.29. The summed E-state index contributed by atoms with van der Waals surface area (Å²) < 4.78 is 29.9. The maximum absolute atomic E-state index is 12.5. The Labute approximate surface area is 164 Å². The molecular formula is C20H20F2N3O2S+. The third-order valence-corrected chi connectivity index (χ3v) is 5.99. The number of nitrogens with one attached hydrogen (secondary N) is 2. The SMILES string of the molecule is O=C(C[NH+]1CCC[C@@H]1c1nc2ccccc2s1)Nc1ccc(OC(F)F)cc1. The number of ether oxygens (including phenoxy) is 1. The van der Waals surface area contributed by atoms with Crippen molar-refractivity contribution in [1.82, 2.24) is 4.98 Å². The Balaban J connectivity index is 1.39. The minimum absolute atomic E-state index is 0.0640. The van der Waals surface area contributed by atoms with Crippen LogP contribution in [0, 0.1) is 0 Å². The van der Waals surface area contributed by atoms with Crippen LogP contribution >= 0.6 is 11.3 Å². The molecule has 1 saturated heterocycles. The quantitative estimate of drug-likeness (QED) is 0.663. The lowest BCUT2D eigenvalue weighted by molar-refractivity contribution is -0.910. The van der Waals surface area contributed by atoms with Gasteiger partial charge < -0.3 is 15.0 Å². The lowest BCUT2D eigenvalue weighted by Crippen LogP contribution is -3.11. The van der Waals surface area contributed by atoms with Crippen molar-refractivity contribution in [2.24, 2.45) is 0 Å². The number of aromatic nitrogens is 1. The van der Waals surface area contributed by atoms with E-state index in [-0.39, 0.29) is 17.7 Å². The predicted octanol–water partition coefficient (Wildman–Crippen LogP) is 3.26. The smallest absolute Gasteiger partial charge is 0.387 e. The molecule has 1 aromatic heterocycles. The van der Waals surface area contributed by atoms with Crippen molar-refractivity contribution in [3.63, 3.8) is 0 Å². The molecule has 2 N–H and O–H groups in total. The fraction of sp³-hybridized carbons (Fsp3) is 0.300. The predicted molar refractivity (Wildman–Crippen MR) is 104 cm³/mol. The van der Waals surface area contributed by atoms with Gasteiger partial charge in [0.1, 0.15) is 11.8 Å². The Hall–Kier alpha value is -2.58. The van der Waals surface area contributed by atoms with Gasteiger partial charge in [-0.05, 0) is 36.4 Å². The molecule has 5 nitrogen and oxygen atoms in total. The molecule has 0 spiro atoms. The van der Waals surface area contributed by atoms with Crippen molar-refractivity contribution < 1.29 is 23.2 Å². The number of thiazole rings is 1. The summed E-state index contributed by atoms with van der Waals surface area (Å²) >= 11 is 1.70. The van der Waals surface area contributed by atoms with Crippen LogP contribution in [-0.4, -0.2) is 30.6 Å². The Morgan fingerprint density at radius 2 is 2.04 bits per heavy atom. The molecule has 1 amide bonds. The molecule has 146 valence electrons. The zero-order valence-corrected chi connectivity index (χ0v) is 15.8. The van der Waals surface area contributed by atoms with E-state index in [1.54, 1.807) is 23.5 Å². The van der Waals surface area contributed by atoms with Crippen molar-refractivity contribution in [1.29, 1.82) is 0 Å². The van der Waals surface area contributed by atoms with Gasteiger partial charge >= 0.3 is 6.61 Å². The second-order valence-corrected chi connectivity index (χ2v) is 7.81. The van der Waals surface area contributed by atoms with Crippen LogP contribution in [0.5, 0.6) is 5.75 Å². The molecule has 0 aliphatic carbocycles. The van der Waals surface area contributed by atoms with E-state index in [1.807, 2.05) is 18.2 Å². The minimum Gasteiger partial charge on any atom is -0.435 e. The number of anilines is 1. The van der Waals surface area contributed by atoms with Gasteiger partial charge in [0.15, 0.2) is 11.6 Å². The maximum atomic E-state index is 12.5. The van der Waals surface area contributed by atoms with Crippen LogP contribution in [0.4, 0.5) is 14.5 Å². The number of carbonyl (C=O) groups is 1. The fourth-order valence-corrected chi connectivity index (χ4v) is 4.75. The van der Waals surface area contributed by atoms with Crippen molar-refractivity contribution in [3.8, 4) is 5.75 Å². The number of amides is 1. The zero-order valence-electron chi connectivity index (χ0n) is 15.0. The Bertz CT molecular complexity index is 928. The third-order valence-electron chi connectivity index (χ3n) is 4.84. The van der Waals surface area contributed by atoms with Crippen LogP contribution < -0.4 is 15.0 Å². The van der Waals surface area contributed by atoms with Gasteiger partial charge in [-0.25, -0.2) is 4.98 Å². The fourth-order valence-electron chi connectivity index (χ4n) is 3.59. The summed E-state index contributed by atoms with van der Waals surface area (Å²) in [6.07, 6.45) is 2.07. The highest BCUT2D eigenvalue weighted by Gasteiger charge is 2.34. The molecule has 0 saturated carbocycles. The number of para-hydroxylation sites is 1. The Morgan fingerprint density at radius 1 is 1.25 bits per heavy atom. The molecule has 2 heterocycles. The second kappa shape index (κ2) is 8.20. The number of halogens is 2. The summed E-state index contributed by atoms with van der Waals surface area (Å²) in [5.74, 6) is -0.0420. The number of fused-ring (bicyclic) bond motifs is 1. The molecule has 0 bridgehead atoms. The average molecular weight is 404 g/mol. The Morgan fingerprint density at radius 3 is 2.79 bits per heavy atom. The third kappa shape index (κ3) is 4.28. The van der Waals surface area contributed by atoms with Gasteiger partial charge in [0.25, 0.3) is 5.91 Å². The number of benzene rings is 2. The topological polar surface area (TPSA) is 55.7 Å². The molecule has 4 rings (SSSR count). The number of carbonyl (C=O) groups excluding carboxylic acids is 1. The summed E-state index contributed by atoms with van der Waals surface area (Å²) in [6.45, 7) is -1.59. The molecule has 2 aromatic carbocycles. The number of hydrogen-bond donors (Lipinski definition) is 2. The van der Waals surface area contributed by atoms with Crippen molar-refractivity contribution >= 4 is 33.1 Å². The second-order valence-electron chi connectivity index (χ2n) is 6.75. The number of nitrogens with zero attached hydrogens (tertiary/aromatic N) is 1. The molecule has 8 heteroatoms. The first-order chi connectivity index (χ1) is 13.6. The largest absolute Gasteiger partial charge is 0.435 e.